The van der Waals surface area contributed by atoms with E-state index in [0.717, 1.165) is 48.9 Å². The number of hydrogen-bond acceptors (Lipinski definition) is 6. The fourth-order valence-electron chi connectivity index (χ4n) is 5.98. The minimum absolute atomic E-state index is 0.0743. The first-order chi connectivity index (χ1) is 17.4. The third kappa shape index (κ3) is 4.55. The molecule has 0 unspecified atom stereocenters. The van der Waals surface area contributed by atoms with Gasteiger partial charge in [-0.15, -0.1) is 0 Å². The molecule has 2 aliphatic heterocycles. The van der Waals surface area contributed by atoms with Gasteiger partial charge >= 0.3 is 0 Å². The molecule has 1 amide bonds. The van der Waals surface area contributed by atoms with Crippen LogP contribution in [-0.2, 0) is 0 Å². The van der Waals surface area contributed by atoms with Crippen molar-refractivity contribution < 1.29 is 4.79 Å². The minimum Gasteiger partial charge on any atom is -0.371 e. The molecule has 2 aromatic rings. The molecule has 5 aliphatic rings. The van der Waals surface area contributed by atoms with Gasteiger partial charge in [0, 0.05) is 36.6 Å². The Balaban J connectivity index is 1.10. The fraction of sp³-hybridized carbons (Fsp3) is 0.586. The lowest BCUT2D eigenvalue weighted by molar-refractivity contribution is 0.102. The number of carbonyl (C=O) groups excluding carboxylic acids is 1. The second kappa shape index (κ2) is 8.30. The van der Waals surface area contributed by atoms with Gasteiger partial charge in [-0.05, 0) is 118 Å². The SMILES string of the molecule is CC1(SNc2ccc(C(=O)Nc3cccc(N4CCC5(CC5)C4)n3)c(N3CCC4(CC3)CC4)c2)CC1. The van der Waals surface area contributed by atoms with Gasteiger partial charge in [0.25, 0.3) is 5.91 Å². The van der Waals surface area contributed by atoms with E-state index in [9.17, 15) is 4.79 Å². The van der Waals surface area contributed by atoms with Gasteiger partial charge in [0.2, 0.25) is 0 Å². The smallest absolute Gasteiger partial charge is 0.258 e. The molecule has 36 heavy (non-hydrogen) atoms. The van der Waals surface area contributed by atoms with Crippen LogP contribution >= 0.6 is 11.9 Å². The van der Waals surface area contributed by atoms with Crippen molar-refractivity contribution in [1.82, 2.24) is 4.98 Å². The first-order valence-electron chi connectivity index (χ1n) is 13.8. The maximum atomic E-state index is 13.6. The highest BCUT2D eigenvalue weighted by molar-refractivity contribution is 8.02. The lowest BCUT2D eigenvalue weighted by Crippen LogP contribution is -2.35. The molecule has 3 saturated carbocycles. The van der Waals surface area contributed by atoms with Gasteiger partial charge in [-0.2, -0.15) is 0 Å². The molecule has 0 atom stereocenters. The van der Waals surface area contributed by atoms with Crippen LogP contribution in [0, 0.1) is 10.8 Å². The number of rotatable bonds is 7. The molecule has 6 nitrogen and oxygen atoms in total. The summed E-state index contributed by atoms with van der Waals surface area (Å²) in [6, 6.07) is 12.2. The summed E-state index contributed by atoms with van der Waals surface area (Å²) in [4.78, 5) is 23.2. The molecular weight excluding hydrogens is 466 g/mol. The Morgan fingerprint density at radius 2 is 1.61 bits per heavy atom. The molecule has 7 rings (SSSR count). The number of nitrogens with zero attached hydrogens (tertiary/aromatic N) is 3. The molecule has 0 radical (unpaired) electrons. The molecule has 0 bridgehead atoms. The van der Waals surface area contributed by atoms with Gasteiger partial charge in [-0.3, -0.25) is 4.79 Å². The third-order valence-electron chi connectivity index (χ3n) is 9.43. The van der Waals surface area contributed by atoms with Crippen LogP contribution < -0.4 is 19.8 Å². The molecule has 2 N–H and O–H groups in total. The van der Waals surface area contributed by atoms with Crippen LogP contribution in [0.4, 0.5) is 23.0 Å². The number of aromatic nitrogens is 1. The summed E-state index contributed by atoms with van der Waals surface area (Å²) in [6.07, 6.45) is 11.7. The van der Waals surface area contributed by atoms with E-state index >= 15 is 0 Å². The average Bonchev–Trinajstić information content (AvgIpc) is 3.84. The number of carbonyl (C=O) groups is 1. The van der Waals surface area contributed by atoms with E-state index < -0.39 is 0 Å². The van der Waals surface area contributed by atoms with E-state index in [2.05, 4.69) is 38.9 Å². The van der Waals surface area contributed by atoms with Gasteiger partial charge in [-0.25, -0.2) is 4.98 Å². The summed E-state index contributed by atoms with van der Waals surface area (Å²) in [5, 5.41) is 3.12. The van der Waals surface area contributed by atoms with Crippen LogP contribution in [0.1, 0.15) is 75.1 Å². The minimum atomic E-state index is -0.0743. The predicted octanol–water partition coefficient (Wildman–Crippen LogP) is 6.32. The molecule has 1 aromatic carbocycles. The molecule has 190 valence electrons. The third-order valence-corrected chi connectivity index (χ3v) is 10.7. The standard InChI is InChI=1S/C29H37N5OS/c1-27(7-8-27)36-32-21-5-6-22(23(19-21)33-16-13-28(9-10-28)14-17-33)26(35)31-24-3-2-4-25(30-24)34-18-15-29(20-34)11-12-29/h2-6,19,32H,7-18,20H2,1H3,(H,30,31,35). The number of hydrogen-bond donors (Lipinski definition) is 2. The molecule has 5 fully saturated rings. The Morgan fingerprint density at radius 3 is 2.31 bits per heavy atom. The molecule has 7 heteroatoms. The van der Waals surface area contributed by atoms with E-state index in [1.165, 1.54) is 57.8 Å². The van der Waals surface area contributed by atoms with Crippen LogP contribution in [0.5, 0.6) is 0 Å². The van der Waals surface area contributed by atoms with Gasteiger partial charge in [0.15, 0.2) is 0 Å². The summed E-state index contributed by atoms with van der Waals surface area (Å²) in [5.41, 5.74) is 4.01. The highest BCUT2D eigenvalue weighted by atomic mass is 32.2. The zero-order chi connectivity index (χ0) is 24.4. The van der Waals surface area contributed by atoms with Gasteiger partial charge < -0.3 is 19.8 Å². The van der Waals surface area contributed by atoms with Gasteiger partial charge in [0.05, 0.1) is 11.3 Å². The maximum Gasteiger partial charge on any atom is 0.258 e. The lowest BCUT2D eigenvalue weighted by atomic mass is 9.93. The van der Waals surface area contributed by atoms with Gasteiger partial charge in [-0.1, -0.05) is 6.07 Å². The normalized spacial score (nSPS) is 24.1. The quantitative estimate of drug-likeness (QED) is 0.431. The van der Waals surface area contributed by atoms with E-state index in [4.69, 9.17) is 4.98 Å². The Hall–Kier alpha value is -2.41. The van der Waals surface area contributed by atoms with Crippen molar-refractivity contribution in [2.24, 2.45) is 10.8 Å². The lowest BCUT2D eigenvalue weighted by Gasteiger charge is -2.35. The van der Waals surface area contributed by atoms with Crippen LogP contribution in [-0.4, -0.2) is 41.8 Å². The van der Waals surface area contributed by atoms with Crippen molar-refractivity contribution in [3.05, 3.63) is 42.0 Å². The van der Waals surface area contributed by atoms with Crippen molar-refractivity contribution >= 4 is 40.9 Å². The molecule has 2 spiro atoms. The predicted molar refractivity (Wildman–Crippen MR) is 149 cm³/mol. The molecular formula is C29H37N5OS. The molecule has 2 saturated heterocycles. The fourth-order valence-corrected chi connectivity index (χ4v) is 6.77. The number of pyridine rings is 1. The van der Waals surface area contributed by atoms with Crippen LogP contribution in [0.25, 0.3) is 0 Å². The molecule has 3 aliphatic carbocycles. The number of benzene rings is 1. The Labute approximate surface area is 218 Å². The van der Waals surface area contributed by atoms with Crippen molar-refractivity contribution in [2.45, 2.75) is 69.5 Å². The number of nitrogens with one attached hydrogen (secondary N) is 2. The monoisotopic (exact) mass is 503 g/mol. The van der Waals surface area contributed by atoms with Crippen molar-refractivity contribution in [2.75, 3.05) is 46.0 Å². The summed E-state index contributed by atoms with van der Waals surface area (Å²) in [6.45, 7) is 6.53. The highest BCUT2D eigenvalue weighted by Crippen LogP contribution is 2.55. The van der Waals surface area contributed by atoms with E-state index in [1.54, 1.807) is 0 Å². The molecule has 3 heterocycles. The van der Waals surface area contributed by atoms with E-state index in [0.29, 0.717) is 21.4 Å². The second-order valence-corrected chi connectivity index (χ2v) is 13.8. The molecule has 1 aromatic heterocycles. The van der Waals surface area contributed by atoms with Gasteiger partial charge in [0.1, 0.15) is 11.6 Å². The van der Waals surface area contributed by atoms with Crippen LogP contribution in [0.2, 0.25) is 0 Å². The zero-order valence-corrected chi connectivity index (χ0v) is 22.1. The first kappa shape index (κ1) is 22.8. The van der Waals surface area contributed by atoms with Crippen molar-refractivity contribution in [3.63, 3.8) is 0 Å². The highest BCUT2D eigenvalue weighted by Gasteiger charge is 2.48. The number of anilines is 4. The van der Waals surface area contributed by atoms with E-state index in [1.807, 2.05) is 36.2 Å². The van der Waals surface area contributed by atoms with E-state index in [-0.39, 0.29) is 5.91 Å². The summed E-state index contributed by atoms with van der Waals surface area (Å²) in [7, 11) is 0. The number of piperidine rings is 1. The van der Waals surface area contributed by atoms with Crippen molar-refractivity contribution in [1.29, 1.82) is 0 Å². The second-order valence-electron chi connectivity index (χ2n) is 12.4. The first-order valence-corrected chi connectivity index (χ1v) is 14.6. The van der Waals surface area contributed by atoms with Crippen LogP contribution in [0.3, 0.4) is 0 Å². The summed E-state index contributed by atoms with van der Waals surface area (Å²) >= 11 is 1.81. The maximum absolute atomic E-state index is 13.6. The van der Waals surface area contributed by atoms with Crippen LogP contribution in [0.15, 0.2) is 36.4 Å². The average molecular weight is 504 g/mol. The summed E-state index contributed by atoms with van der Waals surface area (Å²) in [5.74, 6) is 1.54. The summed E-state index contributed by atoms with van der Waals surface area (Å²) < 4.78 is 3.91. The number of amides is 1. The zero-order valence-electron chi connectivity index (χ0n) is 21.3. The Morgan fingerprint density at radius 1 is 0.889 bits per heavy atom. The largest absolute Gasteiger partial charge is 0.371 e. The van der Waals surface area contributed by atoms with Crippen molar-refractivity contribution in [3.8, 4) is 0 Å². The Kier molecular flexibility index (Phi) is 5.25. The Bertz CT molecular complexity index is 1180. The topological polar surface area (TPSA) is 60.5 Å².